The third-order valence-electron chi connectivity index (χ3n) is 4.83. The van der Waals surface area contributed by atoms with Crippen molar-refractivity contribution in [2.45, 2.75) is 12.5 Å². The Morgan fingerprint density at radius 1 is 0.806 bits per heavy atom. The molecule has 0 unspecified atom stereocenters. The van der Waals surface area contributed by atoms with Crippen molar-refractivity contribution in [1.29, 1.82) is 0 Å². The Bertz CT molecular complexity index is 910. The van der Waals surface area contributed by atoms with Crippen LogP contribution >= 0.6 is 0 Å². The molecule has 3 aromatic carbocycles. The van der Waals surface area contributed by atoms with Crippen LogP contribution in [0.4, 0.5) is 10.5 Å². The van der Waals surface area contributed by atoms with Crippen LogP contribution in [0.5, 0.6) is 0 Å². The van der Waals surface area contributed by atoms with Gasteiger partial charge in [0, 0.05) is 18.8 Å². The van der Waals surface area contributed by atoms with Gasteiger partial charge in [-0.05, 0) is 29.7 Å². The Morgan fingerprint density at radius 2 is 1.32 bits per heavy atom. The molecule has 3 N–H and O–H groups in total. The van der Waals surface area contributed by atoms with Gasteiger partial charge in [-0.3, -0.25) is 15.0 Å². The number of urea groups is 1. The van der Waals surface area contributed by atoms with E-state index in [0.717, 1.165) is 11.1 Å². The van der Waals surface area contributed by atoms with Crippen LogP contribution in [-0.2, 0) is 4.79 Å². The molecule has 0 fully saturated rings. The van der Waals surface area contributed by atoms with E-state index >= 15 is 0 Å². The minimum atomic E-state index is -0.575. The molecule has 0 spiro atoms. The maximum atomic E-state index is 12.7. The van der Waals surface area contributed by atoms with E-state index in [0.29, 0.717) is 18.7 Å². The van der Waals surface area contributed by atoms with Crippen LogP contribution in [-0.4, -0.2) is 41.6 Å². The second-order valence-corrected chi connectivity index (χ2v) is 7.14. The number of carbonyl (C=O) groups excluding carboxylic acids is 2. The fourth-order valence-electron chi connectivity index (χ4n) is 3.49. The van der Waals surface area contributed by atoms with Crippen molar-refractivity contribution in [3.63, 3.8) is 0 Å². The molecule has 0 aromatic heterocycles. The number of para-hydroxylation sites is 1. The molecule has 6 heteroatoms. The van der Waals surface area contributed by atoms with E-state index < -0.39 is 11.9 Å². The molecule has 0 saturated carbocycles. The van der Waals surface area contributed by atoms with E-state index in [1.165, 1.54) is 0 Å². The lowest BCUT2D eigenvalue weighted by Gasteiger charge is -2.32. The fourth-order valence-corrected chi connectivity index (χ4v) is 3.49. The third kappa shape index (κ3) is 6.77. The molecule has 0 aliphatic carbocycles. The van der Waals surface area contributed by atoms with Gasteiger partial charge in [-0.2, -0.15) is 0 Å². The standard InChI is InChI=1S/C25H27N3O3/c29-18-10-17-28(19-23(30)27-25(31)26-22-15-8-3-9-16-22)24(20-11-4-1-5-12-20)21-13-6-2-7-14-21/h1-9,11-16,24,29H,10,17-19H2,(H2,26,27,30,31). The lowest BCUT2D eigenvalue weighted by atomic mass is 9.96. The molecule has 3 amide bonds. The quantitative estimate of drug-likeness (QED) is 0.495. The van der Waals surface area contributed by atoms with Gasteiger partial charge in [0.15, 0.2) is 0 Å². The number of carbonyl (C=O) groups is 2. The summed E-state index contributed by atoms with van der Waals surface area (Å²) in [5.74, 6) is -0.414. The number of imide groups is 1. The lowest BCUT2D eigenvalue weighted by molar-refractivity contribution is -0.121. The maximum Gasteiger partial charge on any atom is 0.325 e. The van der Waals surface area contributed by atoms with Gasteiger partial charge in [-0.15, -0.1) is 0 Å². The van der Waals surface area contributed by atoms with Crippen molar-refractivity contribution < 1.29 is 14.7 Å². The molecular formula is C25H27N3O3. The zero-order chi connectivity index (χ0) is 21.9. The number of aliphatic hydroxyl groups excluding tert-OH is 1. The average molecular weight is 418 g/mol. The second kappa shape index (κ2) is 11.6. The van der Waals surface area contributed by atoms with E-state index in [4.69, 9.17) is 0 Å². The normalized spacial score (nSPS) is 10.8. The van der Waals surface area contributed by atoms with Crippen molar-refractivity contribution in [3.05, 3.63) is 102 Å². The first kappa shape index (κ1) is 22.2. The van der Waals surface area contributed by atoms with Gasteiger partial charge in [-0.25, -0.2) is 4.79 Å². The molecule has 0 bridgehead atoms. The summed E-state index contributed by atoms with van der Waals surface area (Å²) in [6, 6.07) is 28.0. The van der Waals surface area contributed by atoms with E-state index in [1.807, 2.05) is 71.6 Å². The topological polar surface area (TPSA) is 81.7 Å². The van der Waals surface area contributed by atoms with Crippen LogP contribution in [0.1, 0.15) is 23.6 Å². The minimum Gasteiger partial charge on any atom is -0.396 e. The molecule has 0 radical (unpaired) electrons. The Kier molecular flexibility index (Phi) is 8.34. The number of hydrogen-bond donors (Lipinski definition) is 3. The van der Waals surface area contributed by atoms with Gasteiger partial charge in [0.05, 0.1) is 12.6 Å². The molecule has 6 nitrogen and oxygen atoms in total. The number of aliphatic hydroxyl groups is 1. The maximum absolute atomic E-state index is 12.7. The van der Waals surface area contributed by atoms with Crippen LogP contribution in [0, 0.1) is 0 Å². The highest BCUT2D eigenvalue weighted by molar-refractivity contribution is 6.01. The number of amides is 3. The highest BCUT2D eigenvalue weighted by Crippen LogP contribution is 2.28. The van der Waals surface area contributed by atoms with Crippen LogP contribution in [0.15, 0.2) is 91.0 Å². The highest BCUT2D eigenvalue weighted by atomic mass is 16.3. The van der Waals surface area contributed by atoms with E-state index in [1.54, 1.807) is 24.3 Å². The summed E-state index contributed by atoms with van der Waals surface area (Å²) in [5.41, 5.74) is 2.68. The van der Waals surface area contributed by atoms with Crippen molar-refractivity contribution in [1.82, 2.24) is 10.2 Å². The first-order valence-corrected chi connectivity index (χ1v) is 10.3. The number of rotatable bonds is 9. The Morgan fingerprint density at radius 3 is 1.84 bits per heavy atom. The van der Waals surface area contributed by atoms with Crippen LogP contribution in [0.25, 0.3) is 0 Å². The molecular weight excluding hydrogens is 390 g/mol. The van der Waals surface area contributed by atoms with E-state index in [2.05, 4.69) is 10.6 Å². The Hall–Kier alpha value is -3.48. The van der Waals surface area contributed by atoms with Crippen molar-refractivity contribution in [3.8, 4) is 0 Å². The van der Waals surface area contributed by atoms with Crippen LogP contribution < -0.4 is 10.6 Å². The largest absolute Gasteiger partial charge is 0.396 e. The minimum absolute atomic E-state index is 0.0106. The third-order valence-corrected chi connectivity index (χ3v) is 4.83. The first-order valence-electron chi connectivity index (χ1n) is 10.3. The molecule has 0 aliphatic heterocycles. The van der Waals surface area contributed by atoms with Gasteiger partial charge in [0.2, 0.25) is 5.91 Å². The summed E-state index contributed by atoms with van der Waals surface area (Å²) in [4.78, 5) is 26.9. The SMILES string of the molecule is O=C(CN(CCCO)C(c1ccccc1)c1ccccc1)NC(=O)Nc1ccccc1. The van der Waals surface area contributed by atoms with Gasteiger partial charge < -0.3 is 10.4 Å². The summed E-state index contributed by atoms with van der Waals surface area (Å²) in [5, 5.41) is 14.4. The van der Waals surface area contributed by atoms with Gasteiger partial charge in [0.1, 0.15) is 0 Å². The average Bonchev–Trinajstić information content (AvgIpc) is 2.79. The van der Waals surface area contributed by atoms with Gasteiger partial charge >= 0.3 is 6.03 Å². The van der Waals surface area contributed by atoms with E-state index in [9.17, 15) is 14.7 Å². The van der Waals surface area contributed by atoms with Gasteiger partial charge in [-0.1, -0.05) is 78.9 Å². The molecule has 3 aromatic rings. The predicted octanol–water partition coefficient (Wildman–Crippen LogP) is 3.81. The number of hydrogen-bond acceptors (Lipinski definition) is 4. The highest BCUT2D eigenvalue weighted by Gasteiger charge is 2.24. The van der Waals surface area contributed by atoms with E-state index in [-0.39, 0.29) is 19.2 Å². The summed E-state index contributed by atoms with van der Waals surface area (Å²) < 4.78 is 0. The van der Waals surface area contributed by atoms with Gasteiger partial charge in [0.25, 0.3) is 0 Å². The molecule has 3 rings (SSSR count). The summed E-state index contributed by atoms with van der Waals surface area (Å²) in [6.45, 7) is 0.526. The monoisotopic (exact) mass is 417 g/mol. The number of nitrogens with zero attached hydrogens (tertiary/aromatic N) is 1. The van der Waals surface area contributed by atoms with Crippen molar-refractivity contribution >= 4 is 17.6 Å². The smallest absolute Gasteiger partial charge is 0.325 e. The fraction of sp³-hybridized carbons (Fsp3) is 0.200. The first-order chi connectivity index (χ1) is 15.2. The van der Waals surface area contributed by atoms with Crippen molar-refractivity contribution in [2.24, 2.45) is 0 Å². The van der Waals surface area contributed by atoms with Crippen LogP contribution in [0.3, 0.4) is 0 Å². The number of nitrogens with one attached hydrogen (secondary N) is 2. The zero-order valence-electron chi connectivity index (χ0n) is 17.3. The predicted molar refractivity (Wildman–Crippen MR) is 122 cm³/mol. The number of anilines is 1. The molecule has 0 atom stereocenters. The molecule has 31 heavy (non-hydrogen) atoms. The zero-order valence-corrected chi connectivity index (χ0v) is 17.3. The summed E-state index contributed by atoms with van der Waals surface area (Å²) in [7, 11) is 0. The Labute approximate surface area is 182 Å². The van der Waals surface area contributed by atoms with Crippen molar-refractivity contribution in [2.75, 3.05) is 25.0 Å². The molecule has 160 valence electrons. The summed E-state index contributed by atoms with van der Waals surface area (Å²) >= 11 is 0. The second-order valence-electron chi connectivity index (χ2n) is 7.14. The Balaban J connectivity index is 1.76. The lowest BCUT2D eigenvalue weighted by Crippen LogP contribution is -2.43. The molecule has 0 heterocycles. The summed E-state index contributed by atoms with van der Waals surface area (Å²) in [6.07, 6.45) is 0.514. The number of benzene rings is 3. The molecule has 0 saturated heterocycles. The molecule has 0 aliphatic rings. The van der Waals surface area contributed by atoms with Crippen LogP contribution in [0.2, 0.25) is 0 Å².